The van der Waals surface area contributed by atoms with Crippen molar-refractivity contribution in [2.75, 3.05) is 11.3 Å². The molecule has 2 rings (SSSR count). The SMILES string of the molecule is Cc1ncc(S(=O)(=O)Nc2ncc(C#CCCO)s2)[nH]1. The summed E-state index contributed by atoms with van der Waals surface area (Å²) in [5, 5.41) is 8.83. The van der Waals surface area contributed by atoms with Crippen LogP contribution in [0.5, 0.6) is 0 Å². The van der Waals surface area contributed by atoms with Crippen molar-refractivity contribution in [3.8, 4) is 11.8 Å². The van der Waals surface area contributed by atoms with Crippen molar-refractivity contribution < 1.29 is 13.5 Å². The second-order valence-electron chi connectivity index (χ2n) is 3.74. The molecule has 9 heteroatoms. The second-order valence-corrected chi connectivity index (χ2v) is 6.42. The molecule has 0 aliphatic carbocycles. The Morgan fingerprint density at radius 2 is 2.25 bits per heavy atom. The molecule has 0 amide bonds. The van der Waals surface area contributed by atoms with Crippen LogP contribution in [-0.2, 0) is 10.0 Å². The van der Waals surface area contributed by atoms with Crippen LogP contribution in [0.15, 0.2) is 17.4 Å². The minimum absolute atomic E-state index is 0.00946. The van der Waals surface area contributed by atoms with Gasteiger partial charge in [-0.2, -0.15) is 8.42 Å². The Morgan fingerprint density at radius 1 is 1.45 bits per heavy atom. The predicted molar refractivity (Wildman–Crippen MR) is 74.8 cm³/mol. The number of hydrogen-bond donors (Lipinski definition) is 3. The highest BCUT2D eigenvalue weighted by molar-refractivity contribution is 7.92. The number of aliphatic hydroxyl groups excluding tert-OH is 1. The standard InChI is InChI=1S/C11H12N4O3S2/c1-8-12-7-10(14-8)20(17,18)15-11-13-6-9(19-11)4-2-3-5-16/h6-7,16H,3,5H2,1H3,(H,12,14)(H,13,15). The zero-order valence-corrected chi connectivity index (χ0v) is 12.2. The van der Waals surface area contributed by atoms with Crippen molar-refractivity contribution in [2.24, 2.45) is 0 Å². The van der Waals surface area contributed by atoms with Gasteiger partial charge >= 0.3 is 0 Å². The zero-order valence-electron chi connectivity index (χ0n) is 10.5. The van der Waals surface area contributed by atoms with Gasteiger partial charge in [0.25, 0.3) is 10.0 Å². The molecule has 0 unspecified atom stereocenters. The molecule has 0 bridgehead atoms. The van der Waals surface area contributed by atoms with Gasteiger partial charge in [0.1, 0.15) is 5.82 Å². The van der Waals surface area contributed by atoms with Crippen LogP contribution in [0.2, 0.25) is 0 Å². The van der Waals surface area contributed by atoms with Crippen molar-refractivity contribution >= 4 is 26.5 Å². The van der Waals surface area contributed by atoms with Crippen LogP contribution < -0.4 is 4.72 Å². The molecule has 2 aromatic heterocycles. The Bertz CT molecular complexity index is 752. The summed E-state index contributed by atoms with van der Waals surface area (Å²) in [7, 11) is -3.71. The molecule has 106 valence electrons. The number of anilines is 1. The van der Waals surface area contributed by atoms with E-state index >= 15 is 0 Å². The Morgan fingerprint density at radius 3 is 2.90 bits per heavy atom. The number of aromatic amines is 1. The fourth-order valence-corrected chi connectivity index (χ4v) is 3.19. The molecule has 2 aromatic rings. The summed E-state index contributed by atoms with van der Waals surface area (Å²) in [6.45, 7) is 1.65. The van der Waals surface area contributed by atoms with Crippen LogP contribution in [0.25, 0.3) is 0 Å². The lowest BCUT2D eigenvalue weighted by Gasteiger charge is -2.01. The van der Waals surface area contributed by atoms with Crippen LogP contribution in [0, 0.1) is 18.8 Å². The summed E-state index contributed by atoms with van der Waals surface area (Å²) in [6.07, 6.45) is 3.09. The lowest BCUT2D eigenvalue weighted by Crippen LogP contribution is -2.13. The molecule has 0 aromatic carbocycles. The summed E-state index contributed by atoms with van der Waals surface area (Å²) in [4.78, 5) is 11.1. The minimum atomic E-state index is -3.71. The maximum atomic E-state index is 12.0. The van der Waals surface area contributed by atoms with E-state index in [9.17, 15) is 8.42 Å². The van der Waals surface area contributed by atoms with Crippen LogP contribution in [0.1, 0.15) is 17.1 Å². The number of H-pyrrole nitrogens is 1. The van der Waals surface area contributed by atoms with Crippen LogP contribution in [0.3, 0.4) is 0 Å². The number of sulfonamides is 1. The Hall–Kier alpha value is -1.89. The third kappa shape index (κ3) is 3.57. The molecule has 2 heterocycles. The van der Waals surface area contributed by atoms with Gasteiger partial charge in [-0.3, -0.25) is 4.72 Å². The first-order valence-corrected chi connectivity index (χ1v) is 7.91. The molecule has 0 atom stereocenters. The molecule has 0 spiro atoms. The zero-order chi connectivity index (χ0) is 14.6. The molecule has 0 radical (unpaired) electrons. The van der Waals surface area contributed by atoms with E-state index in [0.29, 0.717) is 17.1 Å². The summed E-state index contributed by atoms with van der Waals surface area (Å²) in [5.41, 5.74) is 0. The molecule has 0 saturated carbocycles. The first kappa shape index (κ1) is 14.5. The average Bonchev–Trinajstić information content (AvgIpc) is 2.99. The highest BCUT2D eigenvalue weighted by Crippen LogP contribution is 2.20. The quantitative estimate of drug-likeness (QED) is 0.721. The van der Waals surface area contributed by atoms with E-state index in [1.54, 1.807) is 6.92 Å². The first-order valence-electron chi connectivity index (χ1n) is 5.61. The normalized spacial score (nSPS) is 10.9. The summed E-state index contributed by atoms with van der Waals surface area (Å²) >= 11 is 1.12. The number of nitrogens with zero attached hydrogens (tertiary/aromatic N) is 2. The lowest BCUT2D eigenvalue weighted by atomic mass is 10.4. The smallest absolute Gasteiger partial charge is 0.280 e. The van der Waals surface area contributed by atoms with E-state index in [4.69, 9.17) is 5.11 Å². The van der Waals surface area contributed by atoms with Gasteiger partial charge in [-0.15, -0.1) is 0 Å². The number of aromatic nitrogens is 3. The predicted octanol–water partition coefficient (Wildman–Crippen LogP) is 0.709. The maximum absolute atomic E-state index is 12.0. The monoisotopic (exact) mass is 312 g/mol. The van der Waals surface area contributed by atoms with Gasteiger partial charge in [-0.1, -0.05) is 23.2 Å². The Balaban J connectivity index is 2.13. The number of nitrogens with one attached hydrogen (secondary N) is 2. The number of imidazole rings is 1. The maximum Gasteiger partial charge on any atom is 0.280 e. The van der Waals surface area contributed by atoms with E-state index in [2.05, 4.69) is 31.5 Å². The van der Waals surface area contributed by atoms with Gasteiger partial charge in [-0.05, 0) is 6.92 Å². The van der Waals surface area contributed by atoms with Crippen molar-refractivity contribution in [1.29, 1.82) is 0 Å². The fraction of sp³-hybridized carbons (Fsp3) is 0.273. The first-order chi connectivity index (χ1) is 9.51. The molecule has 0 aliphatic rings. The van der Waals surface area contributed by atoms with Crippen LogP contribution in [0.4, 0.5) is 5.13 Å². The fourth-order valence-electron chi connectivity index (χ4n) is 1.29. The van der Waals surface area contributed by atoms with Crippen molar-refractivity contribution in [3.63, 3.8) is 0 Å². The van der Waals surface area contributed by atoms with E-state index in [1.807, 2.05) is 0 Å². The highest BCUT2D eigenvalue weighted by atomic mass is 32.2. The molecule has 0 aliphatic heterocycles. The second kappa shape index (κ2) is 6.04. The van der Waals surface area contributed by atoms with Crippen LogP contribution >= 0.6 is 11.3 Å². The van der Waals surface area contributed by atoms with Crippen molar-refractivity contribution in [1.82, 2.24) is 15.0 Å². The van der Waals surface area contributed by atoms with Gasteiger partial charge < -0.3 is 10.1 Å². The molecule has 3 N–H and O–H groups in total. The largest absolute Gasteiger partial charge is 0.395 e. The molecular formula is C11H12N4O3S2. The number of aryl methyl sites for hydroxylation is 1. The van der Waals surface area contributed by atoms with E-state index < -0.39 is 10.0 Å². The number of rotatable bonds is 4. The molecule has 0 saturated heterocycles. The number of hydrogen-bond acceptors (Lipinski definition) is 6. The average molecular weight is 312 g/mol. The topological polar surface area (TPSA) is 108 Å². The molecule has 7 nitrogen and oxygen atoms in total. The third-order valence-corrected chi connectivity index (χ3v) is 4.35. The summed E-state index contributed by atoms with van der Waals surface area (Å²) in [6, 6.07) is 0. The van der Waals surface area contributed by atoms with Gasteiger partial charge in [-0.25, -0.2) is 9.97 Å². The van der Waals surface area contributed by atoms with Crippen molar-refractivity contribution in [2.45, 2.75) is 18.4 Å². The Labute approximate surface area is 120 Å². The number of aliphatic hydroxyl groups is 1. The van der Waals surface area contributed by atoms with Gasteiger partial charge in [0.05, 0.1) is 23.9 Å². The molecule has 0 fully saturated rings. The highest BCUT2D eigenvalue weighted by Gasteiger charge is 2.18. The minimum Gasteiger partial charge on any atom is -0.395 e. The number of thiazole rings is 1. The van der Waals surface area contributed by atoms with E-state index in [1.165, 1.54) is 12.4 Å². The van der Waals surface area contributed by atoms with Crippen LogP contribution in [-0.4, -0.2) is 35.1 Å². The summed E-state index contributed by atoms with van der Waals surface area (Å²) in [5.74, 6) is 6.04. The van der Waals surface area contributed by atoms with Gasteiger partial charge in [0.15, 0.2) is 10.2 Å². The lowest BCUT2D eigenvalue weighted by molar-refractivity contribution is 0.305. The van der Waals surface area contributed by atoms with Gasteiger partial charge in [0, 0.05) is 6.42 Å². The third-order valence-electron chi connectivity index (χ3n) is 2.14. The van der Waals surface area contributed by atoms with Crippen molar-refractivity contribution in [3.05, 3.63) is 23.1 Å². The van der Waals surface area contributed by atoms with Gasteiger partial charge in [0.2, 0.25) is 0 Å². The van der Waals surface area contributed by atoms with E-state index in [-0.39, 0.29) is 16.8 Å². The molecular weight excluding hydrogens is 300 g/mol. The molecule has 20 heavy (non-hydrogen) atoms. The van der Waals surface area contributed by atoms with E-state index in [0.717, 1.165) is 11.3 Å². The Kier molecular flexibility index (Phi) is 4.39. The summed E-state index contributed by atoms with van der Waals surface area (Å²) < 4.78 is 26.3.